The van der Waals surface area contributed by atoms with Gasteiger partial charge in [0.2, 0.25) is 15.9 Å². The van der Waals surface area contributed by atoms with Crippen LogP contribution in [0.4, 0.5) is 0 Å². The molecule has 112 valence electrons. The lowest BCUT2D eigenvalue weighted by atomic mass is 10.2. The van der Waals surface area contributed by atoms with Crippen molar-refractivity contribution < 1.29 is 13.2 Å². The summed E-state index contributed by atoms with van der Waals surface area (Å²) >= 11 is 3.25. The summed E-state index contributed by atoms with van der Waals surface area (Å²) in [6.45, 7) is 5.69. The maximum atomic E-state index is 12.3. The zero-order valence-corrected chi connectivity index (χ0v) is 14.1. The fourth-order valence-electron chi connectivity index (χ4n) is 1.61. The van der Waals surface area contributed by atoms with E-state index in [1.54, 1.807) is 19.1 Å². The highest BCUT2D eigenvalue weighted by atomic mass is 79.9. The molecule has 1 amide bonds. The maximum Gasteiger partial charge on any atom is 0.241 e. The van der Waals surface area contributed by atoms with Gasteiger partial charge in [0.1, 0.15) is 0 Å². The number of carbonyl (C=O) groups is 1. The predicted molar refractivity (Wildman–Crippen MR) is 82.0 cm³/mol. The van der Waals surface area contributed by atoms with E-state index >= 15 is 0 Å². The van der Waals surface area contributed by atoms with Crippen molar-refractivity contribution >= 4 is 31.9 Å². The zero-order chi connectivity index (χ0) is 15.3. The molecule has 0 saturated heterocycles. The molecule has 7 heteroatoms. The Morgan fingerprint density at radius 3 is 2.65 bits per heavy atom. The molecule has 20 heavy (non-hydrogen) atoms. The molecule has 2 N–H and O–H groups in total. The molecule has 0 heterocycles. The van der Waals surface area contributed by atoms with Crippen molar-refractivity contribution in [2.24, 2.45) is 0 Å². The van der Waals surface area contributed by atoms with Crippen molar-refractivity contribution in [2.75, 3.05) is 6.54 Å². The van der Waals surface area contributed by atoms with Gasteiger partial charge in [-0.1, -0.05) is 28.9 Å². The summed E-state index contributed by atoms with van der Waals surface area (Å²) in [4.78, 5) is 11.9. The van der Waals surface area contributed by atoms with Crippen molar-refractivity contribution in [3.63, 3.8) is 0 Å². The van der Waals surface area contributed by atoms with Crippen LogP contribution in [0.1, 0.15) is 25.8 Å². The monoisotopic (exact) mass is 362 g/mol. The van der Waals surface area contributed by atoms with Crippen LogP contribution in [0, 0.1) is 6.92 Å². The Morgan fingerprint density at radius 2 is 2.05 bits per heavy atom. The molecule has 1 aromatic carbocycles. The first kappa shape index (κ1) is 17.1. The maximum absolute atomic E-state index is 12.3. The Bertz CT molecular complexity index is 587. The largest absolute Gasteiger partial charge is 0.355 e. The van der Waals surface area contributed by atoms with E-state index in [-0.39, 0.29) is 10.8 Å². The highest BCUT2D eigenvalue weighted by Gasteiger charge is 2.23. The summed E-state index contributed by atoms with van der Waals surface area (Å²) in [5, 5.41) is 2.66. The number of halogens is 1. The Morgan fingerprint density at radius 1 is 1.40 bits per heavy atom. The van der Waals surface area contributed by atoms with E-state index in [0.717, 1.165) is 6.42 Å². The van der Waals surface area contributed by atoms with Crippen LogP contribution in [0.3, 0.4) is 0 Å². The van der Waals surface area contributed by atoms with E-state index in [1.165, 1.54) is 13.0 Å². The fourth-order valence-corrected chi connectivity index (χ4v) is 3.60. The topological polar surface area (TPSA) is 75.3 Å². The second-order valence-electron chi connectivity index (χ2n) is 4.54. The lowest BCUT2D eigenvalue weighted by molar-refractivity contribution is -0.122. The predicted octanol–water partition coefficient (Wildman–Crippen LogP) is 1.95. The molecule has 0 aliphatic rings. The number of amides is 1. The molecule has 0 aliphatic carbocycles. The molecule has 1 rings (SSSR count). The Labute approximate surface area is 128 Å². The number of rotatable bonds is 6. The average molecular weight is 363 g/mol. The highest BCUT2D eigenvalue weighted by Crippen LogP contribution is 2.20. The number of carbonyl (C=O) groups excluding carboxylic acids is 1. The number of hydrogen-bond acceptors (Lipinski definition) is 3. The summed E-state index contributed by atoms with van der Waals surface area (Å²) in [7, 11) is -3.72. The van der Waals surface area contributed by atoms with Crippen LogP contribution in [-0.4, -0.2) is 26.9 Å². The third-order valence-electron chi connectivity index (χ3n) is 2.71. The standard InChI is InChI=1S/C13H19BrN2O3S/c1-4-7-15-13(17)10(3)16-20(18,19)12-8-11(14)6-5-9(12)2/h5-6,8,10,16H,4,7H2,1-3H3,(H,15,17)/t10-/m1/s1. The van der Waals surface area contributed by atoms with Gasteiger partial charge in [-0.3, -0.25) is 4.79 Å². The molecule has 0 unspecified atom stereocenters. The minimum absolute atomic E-state index is 0.169. The first-order valence-electron chi connectivity index (χ1n) is 6.34. The van der Waals surface area contributed by atoms with Crippen LogP contribution < -0.4 is 10.0 Å². The van der Waals surface area contributed by atoms with E-state index < -0.39 is 16.1 Å². The zero-order valence-electron chi connectivity index (χ0n) is 11.7. The molecule has 0 radical (unpaired) electrons. The minimum atomic E-state index is -3.72. The minimum Gasteiger partial charge on any atom is -0.355 e. The molecular weight excluding hydrogens is 344 g/mol. The van der Waals surface area contributed by atoms with Gasteiger partial charge in [-0.15, -0.1) is 0 Å². The van der Waals surface area contributed by atoms with E-state index in [9.17, 15) is 13.2 Å². The van der Waals surface area contributed by atoms with Gasteiger partial charge in [0.15, 0.2) is 0 Å². The molecule has 0 spiro atoms. The molecule has 0 aliphatic heterocycles. The van der Waals surface area contributed by atoms with Gasteiger partial charge in [-0.2, -0.15) is 4.72 Å². The van der Waals surface area contributed by atoms with E-state index in [0.29, 0.717) is 16.6 Å². The lowest BCUT2D eigenvalue weighted by Gasteiger charge is -2.15. The summed E-state index contributed by atoms with van der Waals surface area (Å²) < 4.78 is 27.6. The van der Waals surface area contributed by atoms with Crippen LogP contribution in [0.15, 0.2) is 27.6 Å². The number of hydrogen-bond donors (Lipinski definition) is 2. The molecule has 0 aromatic heterocycles. The summed E-state index contributed by atoms with van der Waals surface area (Å²) in [6, 6.07) is 4.19. The smallest absolute Gasteiger partial charge is 0.241 e. The number of aryl methyl sites for hydroxylation is 1. The second-order valence-corrected chi connectivity index (χ2v) is 7.14. The molecule has 1 aromatic rings. The van der Waals surface area contributed by atoms with Gasteiger partial charge >= 0.3 is 0 Å². The molecule has 0 saturated carbocycles. The molecule has 0 bridgehead atoms. The van der Waals surface area contributed by atoms with Crippen molar-refractivity contribution in [1.82, 2.24) is 10.0 Å². The highest BCUT2D eigenvalue weighted by molar-refractivity contribution is 9.10. The van der Waals surface area contributed by atoms with Gasteiger partial charge in [0, 0.05) is 11.0 Å². The normalized spacial score (nSPS) is 13.0. The lowest BCUT2D eigenvalue weighted by Crippen LogP contribution is -2.45. The molecule has 5 nitrogen and oxygen atoms in total. The first-order chi connectivity index (χ1) is 9.27. The van der Waals surface area contributed by atoms with Crippen molar-refractivity contribution in [3.05, 3.63) is 28.2 Å². The van der Waals surface area contributed by atoms with Crippen LogP contribution in [0.2, 0.25) is 0 Å². The van der Waals surface area contributed by atoms with Crippen molar-refractivity contribution in [3.8, 4) is 0 Å². The number of sulfonamides is 1. The average Bonchev–Trinajstić information content (AvgIpc) is 2.38. The molecular formula is C13H19BrN2O3S. The van der Waals surface area contributed by atoms with Gasteiger partial charge in [-0.25, -0.2) is 8.42 Å². The van der Waals surface area contributed by atoms with Crippen molar-refractivity contribution in [1.29, 1.82) is 0 Å². The molecule has 0 fully saturated rings. The number of nitrogens with one attached hydrogen (secondary N) is 2. The third kappa shape index (κ3) is 4.57. The van der Waals surface area contributed by atoms with E-state index in [1.807, 2.05) is 6.92 Å². The first-order valence-corrected chi connectivity index (χ1v) is 8.61. The SMILES string of the molecule is CCCNC(=O)[C@@H](C)NS(=O)(=O)c1cc(Br)ccc1C. The summed E-state index contributed by atoms with van der Waals surface area (Å²) in [5.74, 6) is -0.330. The van der Waals surface area contributed by atoms with Crippen LogP contribution in [0.5, 0.6) is 0 Å². The van der Waals surface area contributed by atoms with Gasteiger partial charge in [-0.05, 0) is 38.0 Å². The van der Waals surface area contributed by atoms with Crippen LogP contribution in [-0.2, 0) is 14.8 Å². The Kier molecular flexibility index (Phi) is 6.16. The Balaban J connectivity index is 2.89. The molecule has 1 atom stereocenters. The van der Waals surface area contributed by atoms with E-state index in [2.05, 4.69) is 26.0 Å². The fraction of sp³-hybridized carbons (Fsp3) is 0.462. The van der Waals surface area contributed by atoms with Gasteiger partial charge in [0.05, 0.1) is 10.9 Å². The van der Waals surface area contributed by atoms with E-state index in [4.69, 9.17) is 0 Å². The quantitative estimate of drug-likeness (QED) is 0.811. The third-order valence-corrected chi connectivity index (χ3v) is 4.89. The van der Waals surface area contributed by atoms with Gasteiger partial charge in [0.25, 0.3) is 0 Å². The van der Waals surface area contributed by atoms with Crippen LogP contribution in [0.25, 0.3) is 0 Å². The number of benzene rings is 1. The van der Waals surface area contributed by atoms with Crippen LogP contribution >= 0.6 is 15.9 Å². The van der Waals surface area contributed by atoms with Crippen molar-refractivity contribution in [2.45, 2.75) is 38.1 Å². The summed E-state index contributed by atoms with van der Waals surface area (Å²) in [5.41, 5.74) is 0.627. The van der Waals surface area contributed by atoms with Gasteiger partial charge < -0.3 is 5.32 Å². The Hall–Kier alpha value is -0.920. The summed E-state index contributed by atoms with van der Waals surface area (Å²) in [6.07, 6.45) is 0.802. The second kappa shape index (κ2) is 7.19.